The van der Waals surface area contributed by atoms with Crippen LogP contribution in [0.5, 0.6) is 0 Å². The number of halogens is 24. The normalized spacial score (nSPS) is 12.0. The number of unbranched alkanes of at least 4 members (excludes halogenated alkanes) is 1. The second kappa shape index (κ2) is 67.4. The van der Waals surface area contributed by atoms with Gasteiger partial charge in [-0.25, -0.2) is 76.8 Å². The van der Waals surface area contributed by atoms with E-state index >= 15 is 0 Å². The molecule has 0 bridgehead atoms. The molecule has 0 fully saturated rings. The molecule has 2 unspecified atom stereocenters. The van der Waals surface area contributed by atoms with Crippen molar-refractivity contribution in [1.29, 1.82) is 0 Å². The van der Waals surface area contributed by atoms with E-state index < -0.39 is 170 Å². The van der Waals surface area contributed by atoms with Gasteiger partial charge in [-0.2, -0.15) is 0 Å². The van der Waals surface area contributed by atoms with Crippen molar-refractivity contribution in [3.8, 4) is 0 Å². The maximum absolute atomic E-state index is 13.2. The van der Waals surface area contributed by atoms with E-state index in [0.29, 0.717) is 49.9 Å². The van der Waals surface area contributed by atoms with Gasteiger partial charge in [0.1, 0.15) is 54.6 Å². The van der Waals surface area contributed by atoms with Gasteiger partial charge in [0, 0.05) is 121 Å². The smallest absolute Gasteiger partial charge is 0.307 e. The highest BCUT2D eigenvalue weighted by Gasteiger charge is 2.35. The maximum atomic E-state index is 13.2. The molecule has 0 aliphatic carbocycles. The minimum Gasteiger partial charge on any atom is -0.748 e. The second-order valence-corrected chi connectivity index (χ2v) is 56.4. The summed E-state index contributed by atoms with van der Waals surface area (Å²) in [6.45, 7) is -2.51. The maximum Gasteiger partial charge on any atom is 0.307 e. The fourth-order valence-corrected chi connectivity index (χ4v) is 26.9. The van der Waals surface area contributed by atoms with Gasteiger partial charge in [0.25, 0.3) is 47.3 Å². The number of amides is 6. The van der Waals surface area contributed by atoms with Crippen molar-refractivity contribution in [1.82, 2.24) is 31.9 Å². The zero-order valence-corrected chi connectivity index (χ0v) is 112. The van der Waals surface area contributed by atoms with Crippen molar-refractivity contribution in [3.63, 3.8) is 0 Å². The summed E-state index contributed by atoms with van der Waals surface area (Å²) >= 11 is 37.6. The van der Waals surface area contributed by atoms with E-state index in [9.17, 15) is 147 Å². The molecule has 0 aliphatic heterocycles. The van der Waals surface area contributed by atoms with E-state index in [1.165, 1.54) is 0 Å². The zero-order chi connectivity index (χ0) is 106. The van der Waals surface area contributed by atoms with Crippen LogP contribution < -0.4 is 31.9 Å². The lowest BCUT2D eigenvalue weighted by Crippen LogP contribution is -2.34. The third-order valence-electron chi connectivity index (χ3n) is 15.2. The van der Waals surface area contributed by atoms with Crippen LogP contribution in [0.25, 0.3) is 0 Å². The quantitative estimate of drug-likeness (QED) is 0.00394. The molecule has 6 N–H and O–H groups in total. The number of rotatable bonds is 42. The highest BCUT2D eigenvalue weighted by Crippen LogP contribution is 2.30. The summed E-state index contributed by atoms with van der Waals surface area (Å²) in [6, 6.07) is 21.9. The van der Waals surface area contributed by atoms with Crippen LogP contribution in [0.15, 0.2) is 72.8 Å². The first-order valence-corrected chi connectivity index (χ1v) is 65.6. The minimum atomic E-state index is -5.15. The molecule has 66 heteroatoms. The van der Waals surface area contributed by atoms with Crippen LogP contribution in [0.2, 0.25) is 0 Å². The third-order valence-corrected chi connectivity index (χ3v) is 42.0. The first-order chi connectivity index (χ1) is 63.1. The van der Waals surface area contributed by atoms with Crippen LogP contribution in [-0.4, -0.2) is 243 Å². The van der Waals surface area contributed by atoms with Crippen molar-refractivity contribution in [2.45, 2.75) is 81.3 Å². The molecule has 0 saturated carbocycles. The van der Waals surface area contributed by atoms with E-state index in [1.807, 2.05) is 110 Å². The van der Waals surface area contributed by atoms with Gasteiger partial charge in [-0.1, -0.05) is 0 Å². The number of hydrogen-bond donors (Lipinski definition) is 6. The highest BCUT2D eigenvalue weighted by molar-refractivity contribution is 14.1. The molecule has 2 atom stereocenters. The highest BCUT2D eigenvalue weighted by atomic mass is 127. The number of nitrogens with one attached hydrogen (secondary N) is 6. The summed E-state index contributed by atoms with van der Waals surface area (Å²) in [5.74, 6) is -18.1. The van der Waals surface area contributed by atoms with Crippen molar-refractivity contribution >= 4 is 521 Å². The molecule has 6 amide bonds. The molecule has 6 aromatic rings. The number of benzene rings is 6. The number of alkyl halides is 6. The number of carbonyl (C=O) groups excluding carboxylic acids is 9. The molecule has 6 rings (SSSR count). The Labute approximate surface area is 1030 Å². The molecule has 774 valence electrons. The molecule has 0 aliphatic rings. The summed E-state index contributed by atoms with van der Waals surface area (Å²) in [5.41, 5.74) is 0.501. The zero-order valence-electron chi connectivity index (χ0n) is 68.6. The van der Waals surface area contributed by atoms with Crippen LogP contribution in [0.4, 0.5) is 26.3 Å². The summed E-state index contributed by atoms with van der Waals surface area (Å²) in [6.07, 6.45) is -3.29. The topological polar surface area (TPSA) is 597 Å². The van der Waals surface area contributed by atoms with Gasteiger partial charge in [0.05, 0.1) is 95.4 Å². The molecule has 138 heavy (non-hydrogen) atoms. The van der Waals surface area contributed by atoms with E-state index in [0.717, 1.165) is 60.7 Å². The molecule has 0 aromatic heterocycles. The van der Waals surface area contributed by atoms with Crippen molar-refractivity contribution in [2.75, 3.05) is 87.9 Å². The molecule has 0 heterocycles. The molecule has 36 nitrogen and oxygen atoms in total. The van der Waals surface area contributed by atoms with Crippen LogP contribution in [0.1, 0.15) is 120 Å². The first-order valence-electron chi connectivity index (χ1n) is 36.8. The second-order valence-electron chi connectivity index (χ2n) is 26.7. The standard InChI is InChI=1S/C13H12F2I3NO6S.C13H13FI3NO6S.C13H14I3NO6S.C11H10F2I3NO4S.C11H11FI3NO4S.C11H12I3NO4S/c14-13(15,6-26(22,23)24)5-25-10(20)1-2-19-12(21)8-3-7(16)4-9(17)11(8)18;14-7(6-25(21,22)23)5-24-11(19)1-2-18-13(20)9-3-8(15)4-10(16)12(9)17;14-8-6-9(12(16)10(15)7-8)13(19)17-3-2-11(18)23-4-1-5-24(20,21)22;12-11(13,5-22(19,20)21)1-2-17-10(18)7-3-6(14)4-8(15)9(7)16;12-9(21(18,19)20)2-1-3-16-11(17)7-4-6(13)5-8(14)10(7)15;12-7-5-8(10(14)9(13)6-7)11(16)15-3-1-2-4-20(17,18)19/h3-4H,1-2,5-6H2,(H,19,21)(H,22,23,24);3-4,7H,1-2,5-6H2,(H,18,20)(H,21,22,23);6-7H,1-5H2,(H,17,19)(H,20,21,22);3-4H,1-2,5H2,(H,17,18)(H,19,20,21);4-5,9H,1-3H2,(H,16,17)(H,18,19,20);5-6H,1-4H2,(H,15,16)(H,17,18,19)/p-6. The van der Waals surface area contributed by atoms with Crippen LogP contribution in [0, 0.1) is 64.3 Å². The molecule has 0 radical (unpaired) electrons. The molecule has 6 aromatic carbocycles. The minimum absolute atomic E-state index is 0.0212. The molecule has 0 saturated heterocycles. The predicted molar refractivity (Wildman–Crippen MR) is 638 cm³/mol. The van der Waals surface area contributed by atoms with Gasteiger partial charge in [0.15, 0.2) is 12.1 Å². The van der Waals surface area contributed by atoms with E-state index in [1.54, 1.807) is 30.3 Å². The summed E-state index contributed by atoms with van der Waals surface area (Å²) in [7, 11) is -28.2. The Hall–Kier alpha value is 2.73. The Kier molecular flexibility index (Phi) is 67.8. The summed E-state index contributed by atoms with van der Waals surface area (Å²) in [5, 5.41) is 15.3. The largest absolute Gasteiger partial charge is 0.748 e. The Morgan fingerprint density at radius 1 is 0.319 bits per heavy atom. The van der Waals surface area contributed by atoms with Crippen molar-refractivity contribution in [2.24, 2.45) is 0 Å². The van der Waals surface area contributed by atoms with Crippen molar-refractivity contribution < 1.29 is 162 Å². The van der Waals surface area contributed by atoms with Gasteiger partial charge < -0.3 is 73.4 Å². The first kappa shape index (κ1) is 139. The van der Waals surface area contributed by atoms with Gasteiger partial charge in [-0.15, -0.1) is 0 Å². The van der Waals surface area contributed by atoms with E-state index in [4.69, 9.17) is 4.74 Å². The number of hydrogen-bond acceptors (Lipinski definition) is 30. The molecule has 0 spiro atoms. The van der Waals surface area contributed by atoms with Crippen LogP contribution in [0.3, 0.4) is 0 Å². The predicted octanol–water partition coefficient (Wildman–Crippen LogP) is 14.7. The Morgan fingerprint density at radius 3 is 0.862 bits per heavy atom. The average molecular weight is 4090 g/mol. The lowest BCUT2D eigenvalue weighted by molar-refractivity contribution is -0.153. The third kappa shape index (κ3) is 62.2. The molecular formula is C72H66F6I18N6O30S6-6. The van der Waals surface area contributed by atoms with Gasteiger partial charge in [0.2, 0.25) is 0 Å². The summed E-state index contributed by atoms with van der Waals surface area (Å²) in [4.78, 5) is 107. The lowest BCUT2D eigenvalue weighted by Gasteiger charge is -2.18. The number of ether oxygens (including phenoxy) is 3. The van der Waals surface area contributed by atoms with Crippen LogP contribution >= 0.6 is 407 Å². The Balaban J connectivity index is 0.000000830. The molecular weight excluding hydrogens is 4020 g/mol. The fourth-order valence-electron chi connectivity index (χ4n) is 9.21. The summed E-state index contributed by atoms with van der Waals surface area (Å²) < 4.78 is 295. The van der Waals surface area contributed by atoms with Gasteiger partial charge >= 0.3 is 17.9 Å². The lowest BCUT2D eigenvalue weighted by atomic mass is 10.2. The van der Waals surface area contributed by atoms with E-state index in [2.05, 4.69) is 380 Å². The average Bonchev–Trinajstić information content (AvgIpc) is 0.849. The SMILES string of the molecule is O=C(CCNC(=O)c1cc(I)cc(I)c1I)OCC(F)(F)CS(=O)(=O)[O-].O=C(CCNC(=O)c1cc(I)cc(I)c1I)OCC(F)CS(=O)(=O)[O-].O=C(CCNC(=O)c1cc(I)cc(I)c1I)OCCCS(=O)(=O)[O-].O=C(NCCC(F)(F)CS(=O)(=O)[O-])c1cc(I)cc(I)c1I.O=C(NCCCC(F)S(=O)(=O)[O-])c1cc(I)cc(I)c1I.O=C(NCCCCS(=O)(=O)[O-])c1cc(I)cc(I)c1I. The van der Waals surface area contributed by atoms with E-state index in [-0.39, 0.29) is 101 Å². The Bertz CT molecular complexity index is 6070. The van der Waals surface area contributed by atoms with Gasteiger partial charge in [-0.3, -0.25) is 43.2 Å². The number of carbonyl (C=O) groups is 9. The fraction of sp³-hybridized carbons (Fsp3) is 0.375. The van der Waals surface area contributed by atoms with Crippen LogP contribution in [-0.2, 0) is 89.3 Å². The Morgan fingerprint density at radius 2 is 0.580 bits per heavy atom. The van der Waals surface area contributed by atoms with Gasteiger partial charge in [-0.05, 0) is 512 Å². The van der Waals surface area contributed by atoms with Crippen molar-refractivity contribution in [3.05, 3.63) is 170 Å². The number of esters is 3. The monoisotopic (exact) mass is 4080 g/mol.